The number of benzene rings is 2. The first-order valence-corrected chi connectivity index (χ1v) is 10.6. The van der Waals surface area contributed by atoms with Gasteiger partial charge in [-0.25, -0.2) is 0 Å². The van der Waals surface area contributed by atoms with Crippen LogP contribution in [0.25, 0.3) is 22.4 Å². The molecule has 0 amide bonds. The Kier molecular flexibility index (Phi) is 4.80. The van der Waals surface area contributed by atoms with Gasteiger partial charge in [0.15, 0.2) is 0 Å². The van der Waals surface area contributed by atoms with Crippen LogP contribution in [-0.4, -0.2) is 17.4 Å². The molecule has 0 bridgehead atoms. The van der Waals surface area contributed by atoms with Crippen molar-refractivity contribution in [2.75, 3.05) is 0 Å². The normalized spacial score (nSPS) is 18.5. The average molecular weight is 400 g/mol. The van der Waals surface area contributed by atoms with Crippen molar-refractivity contribution in [3.63, 3.8) is 0 Å². The molecule has 0 saturated heterocycles. The van der Waals surface area contributed by atoms with Gasteiger partial charge >= 0.3 is 7.26 Å². The molecular formula is C26H30BFN2. The molecule has 1 aliphatic heterocycles. The van der Waals surface area contributed by atoms with Crippen LogP contribution in [0.2, 0.25) is 0 Å². The van der Waals surface area contributed by atoms with E-state index in [1.165, 1.54) is 0 Å². The van der Waals surface area contributed by atoms with E-state index in [4.69, 9.17) is 4.90 Å². The van der Waals surface area contributed by atoms with Gasteiger partial charge in [0.25, 0.3) is 0 Å². The molecule has 30 heavy (non-hydrogen) atoms. The van der Waals surface area contributed by atoms with Crippen LogP contribution in [0.3, 0.4) is 0 Å². The molecule has 0 spiro atoms. The second kappa shape index (κ2) is 6.97. The topological polar surface area (TPSA) is 17.3 Å². The fraction of sp³-hybridized carbons (Fsp3) is 0.346. The fourth-order valence-corrected chi connectivity index (χ4v) is 4.57. The zero-order chi connectivity index (χ0) is 21.8. The van der Waals surface area contributed by atoms with Crippen LogP contribution in [0.4, 0.5) is 4.32 Å². The van der Waals surface area contributed by atoms with Gasteiger partial charge in [-0.3, -0.25) is 9.22 Å². The van der Waals surface area contributed by atoms with E-state index >= 15 is 4.32 Å². The molecule has 154 valence electrons. The third kappa shape index (κ3) is 3.32. The smallest absolute Gasteiger partial charge is 0.337 e. The van der Waals surface area contributed by atoms with Crippen LogP contribution in [-0.2, 0) is 5.41 Å². The summed E-state index contributed by atoms with van der Waals surface area (Å²) >= 11 is 0. The van der Waals surface area contributed by atoms with Crippen LogP contribution in [0.15, 0.2) is 53.4 Å². The lowest BCUT2D eigenvalue weighted by Crippen LogP contribution is -2.31. The number of fused-ring (bicyclic) bond motifs is 4. The largest absolute Gasteiger partial charge is 0.611 e. The first-order chi connectivity index (χ1) is 14.0. The van der Waals surface area contributed by atoms with Crippen LogP contribution in [0.1, 0.15) is 71.0 Å². The number of hydrogen-bond donors (Lipinski definition) is 0. The third-order valence-corrected chi connectivity index (χ3v) is 5.79. The molecule has 0 saturated carbocycles. The van der Waals surface area contributed by atoms with Gasteiger partial charge in [0.2, 0.25) is 0 Å². The molecular weight excluding hydrogens is 370 g/mol. The summed E-state index contributed by atoms with van der Waals surface area (Å²) in [6.45, 7) is 14.8. The van der Waals surface area contributed by atoms with Crippen molar-refractivity contribution >= 4 is 35.4 Å². The van der Waals surface area contributed by atoms with E-state index in [1.54, 1.807) is 0 Å². The third-order valence-electron chi connectivity index (χ3n) is 5.79. The van der Waals surface area contributed by atoms with E-state index in [9.17, 15) is 0 Å². The second-order valence-electron chi connectivity index (χ2n) is 10.3. The summed E-state index contributed by atoms with van der Waals surface area (Å²) in [5, 5.41) is 2.16. The average Bonchev–Trinajstić information content (AvgIpc) is 3.00. The number of aromatic nitrogens is 1. The van der Waals surface area contributed by atoms with E-state index in [2.05, 4.69) is 78.8 Å². The molecule has 0 N–H and O–H groups in total. The van der Waals surface area contributed by atoms with E-state index in [0.717, 1.165) is 44.6 Å². The predicted octanol–water partition coefficient (Wildman–Crippen LogP) is 7.15. The van der Waals surface area contributed by atoms with Crippen LogP contribution < -0.4 is 0 Å². The van der Waals surface area contributed by atoms with E-state index in [-0.39, 0.29) is 10.8 Å². The molecule has 4 heteroatoms. The highest BCUT2D eigenvalue weighted by Crippen LogP contribution is 2.39. The monoisotopic (exact) mass is 400 g/mol. The highest BCUT2D eigenvalue weighted by atomic mass is 19.1. The zero-order valence-electron chi connectivity index (χ0n) is 19.0. The number of rotatable bonds is 0. The molecule has 0 radical (unpaired) electrons. The summed E-state index contributed by atoms with van der Waals surface area (Å²) in [5.74, 6) is 0. The molecule has 1 aromatic heterocycles. The SMILES string of the molecule is C/C1=C\c2c3ccccc3c(C(C)(C)C)n2B(F)/N=C(\C(C)(C)C)c2ccccc21. The molecule has 2 aromatic carbocycles. The molecule has 2 heterocycles. The van der Waals surface area contributed by atoms with Crippen molar-refractivity contribution in [1.82, 2.24) is 4.48 Å². The van der Waals surface area contributed by atoms with Crippen molar-refractivity contribution < 1.29 is 4.32 Å². The summed E-state index contributed by atoms with van der Waals surface area (Å²) in [5.41, 5.74) is 5.36. The van der Waals surface area contributed by atoms with Gasteiger partial charge in [-0.05, 0) is 24.1 Å². The molecule has 0 aliphatic carbocycles. The lowest BCUT2D eigenvalue weighted by Gasteiger charge is -2.26. The summed E-state index contributed by atoms with van der Waals surface area (Å²) in [6, 6.07) is 16.5. The molecule has 1 aliphatic rings. The minimum Gasteiger partial charge on any atom is -0.337 e. The van der Waals surface area contributed by atoms with Crippen molar-refractivity contribution in [3.8, 4) is 0 Å². The molecule has 4 rings (SSSR count). The Morgan fingerprint density at radius 3 is 1.97 bits per heavy atom. The first-order valence-electron chi connectivity index (χ1n) is 10.6. The van der Waals surface area contributed by atoms with Crippen LogP contribution >= 0.6 is 0 Å². The number of hydrogen-bond acceptors (Lipinski definition) is 1. The lowest BCUT2D eigenvalue weighted by atomic mass is 9.81. The maximum absolute atomic E-state index is 16.2. The standard InChI is InChI=1S/C26H30BFN2/c1-17-16-22-19-13-9-11-15-21(19)24(26(5,6)7)30(22)27(28)29-23(25(2,3)4)20-14-10-8-12-18(17)20/h8-16H,1-7H3/b17-16+,29-23-. The van der Waals surface area contributed by atoms with Crippen molar-refractivity contribution in [1.29, 1.82) is 0 Å². The molecule has 0 unspecified atom stereocenters. The summed E-state index contributed by atoms with van der Waals surface area (Å²) in [7, 11) is -1.49. The van der Waals surface area contributed by atoms with Gasteiger partial charge in [0.05, 0.1) is 0 Å². The Balaban J connectivity index is 2.18. The predicted molar refractivity (Wildman–Crippen MR) is 129 cm³/mol. The van der Waals surface area contributed by atoms with Gasteiger partial charge in [0.1, 0.15) is 0 Å². The minimum atomic E-state index is -1.49. The quantitative estimate of drug-likeness (QED) is 0.357. The zero-order valence-corrected chi connectivity index (χ0v) is 19.0. The van der Waals surface area contributed by atoms with Gasteiger partial charge in [-0.1, -0.05) is 90.1 Å². The molecule has 0 atom stereocenters. The van der Waals surface area contributed by atoms with E-state index < -0.39 is 7.26 Å². The Labute approximate surface area is 179 Å². The van der Waals surface area contributed by atoms with E-state index in [1.807, 2.05) is 28.7 Å². The van der Waals surface area contributed by atoms with Crippen molar-refractivity contribution in [2.45, 2.75) is 53.9 Å². The number of allylic oxidation sites excluding steroid dienone is 1. The maximum Gasteiger partial charge on any atom is 0.611 e. The minimum absolute atomic E-state index is 0.234. The molecule has 3 aromatic rings. The van der Waals surface area contributed by atoms with Crippen LogP contribution in [0, 0.1) is 5.41 Å². The molecule has 2 nitrogen and oxygen atoms in total. The first kappa shape index (κ1) is 20.6. The van der Waals surface area contributed by atoms with Gasteiger partial charge in [-0.15, -0.1) is 0 Å². The van der Waals surface area contributed by atoms with Crippen molar-refractivity contribution in [3.05, 3.63) is 71.0 Å². The number of halogens is 1. The Morgan fingerprint density at radius 2 is 1.37 bits per heavy atom. The van der Waals surface area contributed by atoms with Gasteiger partial charge in [-0.2, -0.15) is 0 Å². The summed E-state index contributed by atoms with van der Waals surface area (Å²) in [6.07, 6.45) is 2.13. The van der Waals surface area contributed by atoms with Gasteiger partial charge in [0, 0.05) is 44.3 Å². The summed E-state index contributed by atoms with van der Waals surface area (Å²) < 4.78 is 18.0. The van der Waals surface area contributed by atoms with Gasteiger partial charge < -0.3 is 4.48 Å². The fourth-order valence-electron chi connectivity index (χ4n) is 4.57. The van der Waals surface area contributed by atoms with Crippen LogP contribution in [0.5, 0.6) is 0 Å². The second-order valence-corrected chi connectivity index (χ2v) is 10.3. The highest BCUT2D eigenvalue weighted by Gasteiger charge is 2.35. The Bertz CT molecular complexity index is 1190. The van der Waals surface area contributed by atoms with E-state index in [0.29, 0.717) is 0 Å². The highest BCUT2D eigenvalue weighted by molar-refractivity contribution is 6.51. The summed E-state index contributed by atoms with van der Waals surface area (Å²) in [4.78, 5) is 4.73. The Hall–Kier alpha value is -2.62. The maximum atomic E-state index is 16.2. The molecule has 0 fully saturated rings. The lowest BCUT2D eigenvalue weighted by molar-refractivity contribution is 0.560. The Morgan fingerprint density at radius 1 is 0.800 bits per heavy atom. The van der Waals surface area contributed by atoms with Crippen molar-refractivity contribution in [2.24, 2.45) is 10.3 Å². The number of nitrogens with zero attached hydrogens (tertiary/aromatic N) is 2.